The molecule has 4 heterocycles. The second kappa shape index (κ2) is 10.8. The number of rotatable bonds is 4. The zero-order valence-electron chi connectivity index (χ0n) is 27.4. The van der Waals surface area contributed by atoms with Crippen molar-refractivity contribution in [2.75, 3.05) is 0 Å². The average Bonchev–Trinajstić information content (AvgIpc) is 3.90. The predicted octanol–water partition coefficient (Wildman–Crippen LogP) is 11.9. The highest BCUT2D eigenvalue weighted by molar-refractivity contribution is 6.13. The van der Waals surface area contributed by atoms with Gasteiger partial charge < -0.3 is 8.98 Å². The van der Waals surface area contributed by atoms with E-state index in [4.69, 9.17) is 14.4 Å². The lowest BCUT2D eigenvalue weighted by atomic mass is 10.0. The summed E-state index contributed by atoms with van der Waals surface area (Å²) in [5, 5.41) is 7.96. The van der Waals surface area contributed by atoms with Crippen molar-refractivity contribution in [1.29, 1.82) is 0 Å². The smallest absolute Gasteiger partial charge is 0.238 e. The van der Waals surface area contributed by atoms with Gasteiger partial charge in [-0.1, -0.05) is 109 Å². The number of fused-ring (bicyclic) bond motifs is 8. The van der Waals surface area contributed by atoms with Gasteiger partial charge in [0.15, 0.2) is 0 Å². The van der Waals surface area contributed by atoms with E-state index in [1.54, 1.807) is 6.26 Å². The van der Waals surface area contributed by atoms with Crippen LogP contribution in [-0.2, 0) is 0 Å². The normalized spacial score (nSPS) is 11.9. The van der Waals surface area contributed by atoms with Crippen LogP contribution in [0.5, 0.6) is 0 Å². The Labute approximate surface area is 292 Å². The van der Waals surface area contributed by atoms with Crippen molar-refractivity contribution >= 4 is 65.5 Å². The molecule has 0 atom stereocenters. The lowest BCUT2D eigenvalue weighted by molar-refractivity contribution is 0.601. The molecule has 0 unspecified atom stereocenters. The second-order valence-corrected chi connectivity index (χ2v) is 13.0. The summed E-state index contributed by atoms with van der Waals surface area (Å²) < 4.78 is 10.5. The zero-order chi connectivity index (χ0) is 33.5. The van der Waals surface area contributed by atoms with Crippen molar-refractivity contribution in [1.82, 2.24) is 19.1 Å². The topological polar surface area (TPSA) is 48.8 Å². The van der Waals surface area contributed by atoms with Gasteiger partial charge in [0.2, 0.25) is 11.7 Å². The van der Waals surface area contributed by atoms with Crippen molar-refractivity contribution in [2.45, 2.75) is 0 Å². The maximum absolute atomic E-state index is 5.96. The Morgan fingerprint density at radius 2 is 1.00 bits per heavy atom. The van der Waals surface area contributed by atoms with E-state index in [0.717, 1.165) is 55.1 Å². The van der Waals surface area contributed by atoms with Gasteiger partial charge >= 0.3 is 0 Å². The second-order valence-electron chi connectivity index (χ2n) is 13.0. The molecule has 0 N–H and O–H groups in total. The lowest BCUT2D eigenvalue weighted by Gasteiger charge is -2.11. The Kier molecular flexibility index (Phi) is 5.89. The molecule has 0 fully saturated rings. The number of aromatic nitrogens is 4. The largest absolute Gasteiger partial charge is 0.446 e. The van der Waals surface area contributed by atoms with E-state index in [0.29, 0.717) is 11.7 Å². The summed E-state index contributed by atoms with van der Waals surface area (Å²) in [6.07, 6.45) is 1.70. The molecule has 51 heavy (non-hydrogen) atoms. The van der Waals surface area contributed by atoms with Crippen LogP contribution < -0.4 is 0 Å². The highest BCUT2D eigenvalue weighted by atomic mass is 16.3. The number of benzene rings is 7. The van der Waals surface area contributed by atoms with Gasteiger partial charge in [-0.2, -0.15) is 4.98 Å². The third kappa shape index (κ3) is 4.15. The molecule has 0 radical (unpaired) electrons. The number of hydrogen-bond donors (Lipinski definition) is 0. The first-order valence-corrected chi connectivity index (χ1v) is 17.2. The third-order valence-electron chi connectivity index (χ3n) is 10.3. The Morgan fingerprint density at radius 1 is 0.412 bits per heavy atom. The van der Waals surface area contributed by atoms with E-state index in [9.17, 15) is 0 Å². The first-order valence-electron chi connectivity index (χ1n) is 17.2. The summed E-state index contributed by atoms with van der Waals surface area (Å²) in [7, 11) is 0. The van der Waals surface area contributed by atoms with Gasteiger partial charge in [0.25, 0.3) is 0 Å². The minimum Gasteiger partial charge on any atom is -0.446 e. The lowest BCUT2D eigenvalue weighted by Crippen LogP contribution is -2.02. The fraction of sp³-hybridized carbons (Fsp3) is 0. The Morgan fingerprint density at radius 3 is 1.75 bits per heavy atom. The molecule has 7 aromatic carbocycles. The van der Waals surface area contributed by atoms with Crippen LogP contribution in [0, 0.1) is 0 Å². The number of furan rings is 1. The van der Waals surface area contributed by atoms with E-state index in [1.807, 2.05) is 6.07 Å². The van der Waals surface area contributed by atoms with E-state index >= 15 is 0 Å². The molecule has 0 spiro atoms. The standard InChI is InChI=1S/C46H28N4O/c1-2-13-32(14-3-1)49-40-19-8-6-16-34(40)38-27-30(21-23-42(38)49)31-22-24-43-39(28-31)35-17-7-9-20-41(35)50(43)46-47-44(37-25-26-51-45(37)48-46)36-18-10-12-29-11-4-5-15-33(29)36/h1-28H. The van der Waals surface area contributed by atoms with Crippen LogP contribution in [0.25, 0.3) is 99.5 Å². The molecular formula is C46H28N4O. The molecule has 0 amide bonds. The molecule has 0 aliphatic carbocycles. The Balaban J connectivity index is 1.12. The molecule has 5 nitrogen and oxygen atoms in total. The molecular weight excluding hydrogens is 625 g/mol. The van der Waals surface area contributed by atoms with Crippen molar-refractivity contribution < 1.29 is 4.42 Å². The first-order chi connectivity index (χ1) is 25.3. The van der Waals surface area contributed by atoms with E-state index in [-0.39, 0.29) is 0 Å². The summed E-state index contributed by atoms with van der Waals surface area (Å²) in [5.41, 5.74) is 10.4. The monoisotopic (exact) mass is 652 g/mol. The first kappa shape index (κ1) is 27.9. The van der Waals surface area contributed by atoms with Crippen molar-refractivity contribution in [3.63, 3.8) is 0 Å². The van der Waals surface area contributed by atoms with Gasteiger partial charge in [0.05, 0.1) is 39.4 Å². The fourth-order valence-electron chi connectivity index (χ4n) is 7.96. The summed E-state index contributed by atoms with van der Waals surface area (Å²) in [6, 6.07) is 58.1. The molecule has 4 aromatic heterocycles. The number of para-hydroxylation sites is 3. The van der Waals surface area contributed by atoms with E-state index in [1.165, 1.54) is 32.8 Å². The minimum atomic E-state index is 0.563. The van der Waals surface area contributed by atoms with Crippen LogP contribution in [0.3, 0.4) is 0 Å². The molecule has 11 rings (SSSR count). The fourth-order valence-corrected chi connectivity index (χ4v) is 7.96. The number of nitrogens with zero attached hydrogens (tertiary/aromatic N) is 4. The molecule has 5 heteroatoms. The maximum Gasteiger partial charge on any atom is 0.238 e. The summed E-state index contributed by atoms with van der Waals surface area (Å²) >= 11 is 0. The van der Waals surface area contributed by atoms with Gasteiger partial charge in [0.1, 0.15) is 0 Å². The molecule has 0 saturated heterocycles. The van der Waals surface area contributed by atoms with Crippen molar-refractivity contribution in [3.05, 3.63) is 170 Å². The van der Waals surface area contributed by atoms with Gasteiger partial charge in [-0.15, -0.1) is 0 Å². The molecule has 11 aromatic rings. The van der Waals surface area contributed by atoms with Crippen LogP contribution in [0.4, 0.5) is 0 Å². The summed E-state index contributed by atoms with van der Waals surface area (Å²) in [4.78, 5) is 10.3. The van der Waals surface area contributed by atoms with Gasteiger partial charge in [-0.3, -0.25) is 4.57 Å². The number of hydrogen-bond acceptors (Lipinski definition) is 3. The van der Waals surface area contributed by atoms with E-state index in [2.05, 4.69) is 167 Å². The zero-order valence-corrected chi connectivity index (χ0v) is 27.4. The van der Waals surface area contributed by atoms with Crippen LogP contribution >= 0.6 is 0 Å². The van der Waals surface area contributed by atoms with Crippen LogP contribution in [0.2, 0.25) is 0 Å². The highest BCUT2D eigenvalue weighted by Crippen LogP contribution is 2.39. The Bertz CT molecular complexity index is 3140. The highest BCUT2D eigenvalue weighted by Gasteiger charge is 2.20. The quantitative estimate of drug-likeness (QED) is 0.190. The van der Waals surface area contributed by atoms with Crippen LogP contribution in [-0.4, -0.2) is 19.1 Å². The SMILES string of the molecule is c1ccc(-n2c3ccccc3c3cc(-c4ccc5c(c4)c4ccccc4n5-c4nc(-c5cccc6ccccc56)c5ccoc5n4)ccc32)cc1. The van der Waals surface area contributed by atoms with Gasteiger partial charge in [-0.05, 0) is 76.5 Å². The molecule has 238 valence electrons. The Hall–Kier alpha value is -6.98. The van der Waals surface area contributed by atoms with Crippen molar-refractivity contribution in [3.8, 4) is 34.0 Å². The molecule has 0 aliphatic rings. The predicted molar refractivity (Wildman–Crippen MR) is 209 cm³/mol. The third-order valence-corrected chi connectivity index (χ3v) is 10.3. The summed E-state index contributed by atoms with van der Waals surface area (Å²) in [5.74, 6) is 0.578. The maximum atomic E-state index is 5.96. The van der Waals surface area contributed by atoms with Gasteiger partial charge in [-0.25, -0.2) is 4.98 Å². The van der Waals surface area contributed by atoms with E-state index < -0.39 is 0 Å². The minimum absolute atomic E-state index is 0.563. The molecule has 0 bridgehead atoms. The molecule has 0 saturated carbocycles. The van der Waals surface area contributed by atoms with Gasteiger partial charge in [0, 0.05) is 32.8 Å². The summed E-state index contributed by atoms with van der Waals surface area (Å²) in [6.45, 7) is 0. The van der Waals surface area contributed by atoms with Crippen LogP contribution in [0.1, 0.15) is 0 Å². The van der Waals surface area contributed by atoms with Crippen LogP contribution in [0.15, 0.2) is 174 Å². The molecule has 0 aliphatic heterocycles. The van der Waals surface area contributed by atoms with Crippen molar-refractivity contribution in [2.24, 2.45) is 0 Å². The average molecular weight is 653 g/mol.